The fourth-order valence-corrected chi connectivity index (χ4v) is 6.80. The topological polar surface area (TPSA) is 3.24 Å². The van der Waals surface area contributed by atoms with E-state index in [9.17, 15) is 0 Å². The quantitative estimate of drug-likeness (QED) is 0.248. The van der Waals surface area contributed by atoms with Crippen molar-refractivity contribution in [2.75, 3.05) is 11.9 Å². The summed E-state index contributed by atoms with van der Waals surface area (Å²) in [5.41, 5.74) is 8.72. The van der Waals surface area contributed by atoms with E-state index in [0.717, 1.165) is 0 Å². The molecule has 0 aromatic heterocycles. The first-order chi connectivity index (χ1) is 16.8. The number of anilines is 2. The van der Waals surface area contributed by atoms with Crippen molar-refractivity contribution < 1.29 is 0 Å². The molecule has 1 spiro atoms. The van der Waals surface area contributed by atoms with Crippen molar-refractivity contribution in [1.29, 1.82) is 0 Å². The van der Waals surface area contributed by atoms with Crippen molar-refractivity contribution in [3.63, 3.8) is 0 Å². The summed E-state index contributed by atoms with van der Waals surface area (Å²) < 4.78 is 0. The predicted octanol–water partition coefficient (Wildman–Crippen LogP) is 8.99. The molecule has 34 heavy (non-hydrogen) atoms. The molecule has 0 aliphatic heterocycles. The summed E-state index contributed by atoms with van der Waals surface area (Å²) in [5, 5.41) is 5.24. The van der Waals surface area contributed by atoms with Crippen LogP contribution in [0.4, 0.5) is 11.4 Å². The highest BCUT2D eigenvalue weighted by atomic mass is 15.1. The molecular weight excluding hydrogens is 410 g/mol. The van der Waals surface area contributed by atoms with Crippen LogP contribution in [-0.2, 0) is 5.41 Å². The van der Waals surface area contributed by atoms with Gasteiger partial charge < -0.3 is 4.90 Å². The van der Waals surface area contributed by atoms with Crippen LogP contribution >= 0.6 is 0 Å². The highest BCUT2D eigenvalue weighted by molar-refractivity contribution is 6.13. The molecule has 1 heteroatoms. The van der Waals surface area contributed by atoms with Gasteiger partial charge in [-0.1, -0.05) is 98.1 Å². The van der Waals surface area contributed by atoms with Gasteiger partial charge in [-0.05, 0) is 69.5 Å². The third-order valence-corrected chi connectivity index (χ3v) is 8.45. The van der Waals surface area contributed by atoms with Crippen LogP contribution in [0.2, 0.25) is 0 Å². The van der Waals surface area contributed by atoms with Crippen LogP contribution in [0.15, 0.2) is 97.1 Å². The van der Waals surface area contributed by atoms with Crippen LogP contribution in [0.5, 0.6) is 0 Å². The van der Waals surface area contributed by atoms with Gasteiger partial charge in [-0.25, -0.2) is 0 Å². The van der Waals surface area contributed by atoms with Crippen LogP contribution in [-0.4, -0.2) is 7.05 Å². The van der Waals surface area contributed by atoms with Crippen LogP contribution in [0.25, 0.3) is 32.7 Å². The minimum atomic E-state index is 0.187. The van der Waals surface area contributed by atoms with Crippen molar-refractivity contribution in [2.24, 2.45) is 0 Å². The molecule has 5 aromatic carbocycles. The van der Waals surface area contributed by atoms with E-state index in [1.54, 1.807) is 11.1 Å². The summed E-state index contributed by atoms with van der Waals surface area (Å²) in [6.45, 7) is 0. The summed E-state index contributed by atoms with van der Waals surface area (Å²) in [5.74, 6) is 0. The van der Waals surface area contributed by atoms with Gasteiger partial charge in [-0.2, -0.15) is 0 Å². The lowest BCUT2D eigenvalue weighted by Gasteiger charge is -2.36. The maximum Gasteiger partial charge on any atom is 0.0494 e. The smallest absolute Gasteiger partial charge is 0.0494 e. The fraction of sp³-hybridized carbons (Fsp3) is 0.212. The standard InChI is InChI=1S/C33H29N/c1-34(32-21-23-11-3-4-12-25(23)26-13-5-6-15-29(26)32)24-17-18-28-27-14-7-8-16-30(27)33(31(28)22-24)19-9-2-10-20-33/h3-8,11-18,21-22H,2,9-10,19-20H2,1H3. The Kier molecular flexibility index (Phi) is 4.36. The normalized spacial score (nSPS) is 16.0. The first-order valence-corrected chi connectivity index (χ1v) is 12.6. The molecule has 0 saturated heterocycles. The molecule has 0 N–H and O–H groups in total. The Bertz CT molecular complexity index is 1550. The summed E-state index contributed by atoms with van der Waals surface area (Å²) in [6.07, 6.45) is 6.54. The number of hydrogen-bond donors (Lipinski definition) is 0. The fourth-order valence-electron chi connectivity index (χ4n) is 6.80. The molecule has 2 aliphatic carbocycles. The molecule has 1 fully saturated rings. The van der Waals surface area contributed by atoms with Crippen molar-refractivity contribution in [3.05, 3.63) is 108 Å². The maximum absolute atomic E-state index is 2.50. The SMILES string of the molecule is CN(c1ccc2c(c1)C1(CCCCC1)c1ccccc1-2)c1cc2ccccc2c2ccccc12. The van der Waals surface area contributed by atoms with E-state index in [0.29, 0.717) is 0 Å². The highest BCUT2D eigenvalue weighted by Crippen LogP contribution is 2.56. The van der Waals surface area contributed by atoms with E-state index in [1.165, 1.54) is 76.2 Å². The molecule has 0 amide bonds. The average molecular weight is 440 g/mol. The van der Waals surface area contributed by atoms with E-state index < -0.39 is 0 Å². The zero-order chi connectivity index (χ0) is 22.7. The van der Waals surface area contributed by atoms with Crippen LogP contribution in [0, 0.1) is 0 Å². The second-order valence-corrected chi connectivity index (χ2v) is 10.1. The Labute approximate surface area is 201 Å². The molecule has 0 heterocycles. The summed E-state index contributed by atoms with van der Waals surface area (Å²) in [7, 11) is 2.23. The van der Waals surface area contributed by atoms with E-state index in [1.807, 2.05) is 0 Å². The number of fused-ring (bicyclic) bond motifs is 8. The molecule has 7 rings (SSSR count). The van der Waals surface area contributed by atoms with E-state index in [2.05, 4.69) is 109 Å². The molecule has 0 unspecified atom stereocenters. The Morgan fingerprint density at radius 2 is 1.26 bits per heavy atom. The second-order valence-electron chi connectivity index (χ2n) is 10.1. The lowest BCUT2D eigenvalue weighted by atomic mass is 9.68. The summed E-state index contributed by atoms with van der Waals surface area (Å²) in [4.78, 5) is 2.40. The number of hydrogen-bond acceptors (Lipinski definition) is 1. The Morgan fingerprint density at radius 1 is 0.588 bits per heavy atom. The number of nitrogens with zero attached hydrogens (tertiary/aromatic N) is 1. The third-order valence-electron chi connectivity index (χ3n) is 8.45. The van der Waals surface area contributed by atoms with Crippen LogP contribution in [0.3, 0.4) is 0 Å². The zero-order valence-electron chi connectivity index (χ0n) is 19.7. The molecule has 0 bridgehead atoms. The van der Waals surface area contributed by atoms with E-state index >= 15 is 0 Å². The minimum Gasteiger partial charge on any atom is -0.344 e. The van der Waals surface area contributed by atoms with Gasteiger partial charge in [0.25, 0.3) is 0 Å². The maximum atomic E-state index is 2.50. The van der Waals surface area contributed by atoms with Crippen molar-refractivity contribution >= 4 is 32.9 Å². The van der Waals surface area contributed by atoms with Gasteiger partial charge in [0.15, 0.2) is 0 Å². The monoisotopic (exact) mass is 439 g/mol. The predicted molar refractivity (Wildman–Crippen MR) is 145 cm³/mol. The second kappa shape index (κ2) is 7.46. The first kappa shape index (κ1) is 19.9. The van der Waals surface area contributed by atoms with Crippen LogP contribution < -0.4 is 4.90 Å². The summed E-state index contributed by atoms with van der Waals surface area (Å²) >= 11 is 0. The van der Waals surface area contributed by atoms with Gasteiger partial charge in [-0.3, -0.25) is 0 Å². The highest BCUT2D eigenvalue weighted by Gasteiger charge is 2.43. The molecule has 1 saturated carbocycles. The lowest BCUT2D eigenvalue weighted by molar-refractivity contribution is 0.353. The van der Waals surface area contributed by atoms with Gasteiger partial charge in [0.1, 0.15) is 0 Å². The Hall–Kier alpha value is -3.58. The van der Waals surface area contributed by atoms with Crippen molar-refractivity contribution in [2.45, 2.75) is 37.5 Å². The molecule has 1 nitrogen and oxygen atoms in total. The van der Waals surface area contributed by atoms with E-state index in [4.69, 9.17) is 0 Å². The number of benzene rings is 5. The van der Waals surface area contributed by atoms with Gasteiger partial charge in [0, 0.05) is 29.2 Å². The Morgan fingerprint density at radius 3 is 2.12 bits per heavy atom. The third kappa shape index (κ3) is 2.73. The van der Waals surface area contributed by atoms with Gasteiger partial charge in [-0.15, -0.1) is 0 Å². The first-order valence-electron chi connectivity index (χ1n) is 12.6. The molecule has 2 aliphatic rings. The Balaban J connectivity index is 1.42. The summed E-state index contributed by atoms with van der Waals surface area (Å²) in [6, 6.07) is 36.3. The lowest BCUT2D eigenvalue weighted by Crippen LogP contribution is -2.28. The van der Waals surface area contributed by atoms with Crippen molar-refractivity contribution in [3.8, 4) is 11.1 Å². The van der Waals surface area contributed by atoms with Gasteiger partial charge in [0.05, 0.1) is 0 Å². The van der Waals surface area contributed by atoms with Crippen LogP contribution in [0.1, 0.15) is 43.2 Å². The van der Waals surface area contributed by atoms with Crippen molar-refractivity contribution in [1.82, 2.24) is 0 Å². The minimum absolute atomic E-state index is 0.187. The molecule has 5 aromatic rings. The number of rotatable bonds is 2. The zero-order valence-corrected chi connectivity index (χ0v) is 19.7. The van der Waals surface area contributed by atoms with Gasteiger partial charge >= 0.3 is 0 Å². The molecule has 166 valence electrons. The van der Waals surface area contributed by atoms with E-state index in [-0.39, 0.29) is 5.41 Å². The molecule has 0 atom stereocenters. The molecular formula is C33H29N. The average Bonchev–Trinajstić information content (AvgIpc) is 3.17. The largest absolute Gasteiger partial charge is 0.344 e. The van der Waals surface area contributed by atoms with Gasteiger partial charge in [0.2, 0.25) is 0 Å². The molecule has 0 radical (unpaired) electrons.